The fourth-order valence-electron chi connectivity index (χ4n) is 5.47. The summed E-state index contributed by atoms with van der Waals surface area (Å²) in [5.41, 5.74) is 13.5. The smallest absolute Gasteiger partial charge is 0.0713 e. The van der Waals surface area contributed by atoms with E-state index in [0.717, 1.165) is 6.42 Å². The number of benzene rings is 4. The van der Waals surface area contributed by atoms with Crippen LogP contribution in [-0.2, 0) is 11.8 Å². The molecule has 160 valence electrons. The van der Waals surface area contributed by atoms with Crippen molar-refractivity contribution in [2.24, 2.45) is 0 Å². The topological polar surface area (TPSA) is 0 Å². The molecule has 32 heavy (non-hydrogen) atoms. The highest BCUT2D eigenvalue weighted by Crippen LogP contribution is 2.56. The van der Waals surface area contributed by atoms with Crippen LogP contribution in [0.1, 0.15) is 50.9 Å². The number of alkyl halides is 1. The second-order valence-corrected chi connectivity index (χ2v) is 10.2. The highest BCUT2D eigenvalue weighted by molar-refractivity contribution is 14.1. The first-order valence-corrected chi connectivity index (χ1v) is 13.0. The van der Waals surface area contributed by atoms with E-state index in [9.17, 15) is 0 Å². The fraction of sp³-hybridized carbons (Fsp3) is 0.226. The maximum absolute atomic E-state index is 2.48. The molecule has 0 amide bonds. The van der Waals surface area contributed by atoms with Gasteiger partial charge in [0.2, 0.25) is 0 Å². The van der Waals surface area contributed by atoms with Crippen molar-refractivity contribution in [2.45, 2.75) is 39.0 Å². The summed E-state index contributed by atoms with van der Waals surface area (Å²) in [7, 11) is 0. The molecule has 0 bridgehead atoms. The average molecular weight is 528 g/mol. The number of hydrogen-bond acceptors (Lipinski definition) is 0. The van der Waals surface area contributed by atoms with Crippen molar-refractivity contribution < 1.29 is 0 Å². The number of fused-ring (bicyclic) bond motifs is 3. The number of rotatable bonds is 5. The van der Waals surface area contributed by atoms with Gasteiger partial charge >= 0.3 is 0 Å². The van der Waals surface area contributed by atoms with E-state index in [0.29, 0.717) is 0 Å². The second-order valence-electron chi connectivity index (χ2n) is 9.07. The number of hydrogen-bond donors (Lipinski definition) is 0. The molecule has 0 radical (unpaired) electrons. The minimum Gasteiger partial charge on any atom is -0.0864 e. The summed E-state index contributed by atoms with van der Waals surface area (Å²) in [4.78, 5) is 0. The molecule has 0 nitrogen and oxygen atoms in total. The molecule has 4 aromatic rings. The molecular formula is C31H29I. The lowest BCUT2D eigenvalue weighted by Gasteiger charge is -2.34. The van der Waals surface area contributed by atoms with Gasteiger partial charge in [0.15, 0.2) is 0 Å². The monoisotopic (exact) mass is 528 g/mol. The largest absolute Gasteiger partial charge is 0.0864 e. The first-order chi connectivity index (χ1) is 15.6. The zero-order valence-electron chi connectivity index (χ0n) is 19.1. The van der Waals surface area contributed by atoms with Crippen LogP contribution >= 0.6 is 22.6 Å². The average Bonchev–Trinajstić information content (AvgIpc) is 3.11. The lowest BCUT2D eigenvalue weighted by atomic mass is 9.67. The van der Waals surface area contributed by atoms with Gasteiger partial charge in [0, 0.05) is 0 Å². The van der Waals surface area contributed by atoms with E-state index in [4.69, 9.17) is 0 Å². The van der Waals surface area contributed by atoms with Gasteiger partial charge in [-0.25, -0.2) is 0 Å². The summed E-state index contributed by atoms with van der Waals surface area (Å²) in [5, 5.41) is 0. The van der Waals surface area contributed by atoms with Gasteiger partial charge in [-0.05, 0) is 93.7 Å². The molecule has 0 N–H and O–H groups in total. The van der Waals surface area contributed by atoms with Crippen LogP contribution in [0.2, 0.25) is 0 Å². The van der Waals surface area contributed by atoms with Crippen LogP contribution in [-0.4, -0.2) is 4.43 Å². The molecule has 0 aliphatic heterocycles. The number of halogens is 1. The molecule has 0 unspecified atom stereocenters. The van der Waals surface area contributed by atoms with E-state index in [1.807, 2.05) is 0 Å². The molecule has 0 atom stereocenters. The van der Waals surface area contributed by atoms with Crippen molar-refractivity contribution >= 4 is 22.6 Å². The molecule has 0 saturated carbocycles. The highest BCUT2D eigenvalue weighted by atomic mass is 127. The maximum atomic E-state index is 2.48. The van der Waals surface area contributed by atoms with Crippen LogP contribution in [0.25, 0.3) is 11.1 Å². The highest BCUT2D eigenvalue weighted by Gasteiger charge is 2.46. The van der Waals surface area contributed by atoms with Crippen molar-refractivity contribution in [3.63, 3.8) is 0 Å². The Balaban J connectivity index is 1.85. The quantitative estimate of drug-likeness (QED) is 0.159. The minimum absolute atomic E-state index is 0.293. The lowest BCUT2D eigenvalue weighted by Crippen LogP contribution is -2.29. The maximum Gasteiger partial charge on any atom is 0.0713 e. The normalized spacial score (nSPS) is 13.6. The molecule has 1 heteroatoms. The molecule has 5 rings (SSSR count). The Morgan fingerprint density at radius 2 is 1.19 bits per heavy atom. The van der Waals surface area contributed by atoms with Gasteiger partial charge in [-0.15, -0.1) is 0 Å². The third-order valence-electron chi connectivity index (χ3n) is 7.25. The van der Waals surface area contributed by atoms with Gasteiger partial charge in [-0.1, -0.05) is 108 Å². The van der Waals surface area contributed by atoms with E-state index >= 15 is 0 Å². The molecule has 0 heterocycles. The van der Waals surface area contributed by atoms with Crippen LogP contribution in [0.3, 0.4) is 0 Å². The summed E-state index contributed by atoms with van der Waals surface area (Å²) in [6.07, 6.45) is 2.38. The van der Waals surface area contributed by atoms with Crippen LogP contribution in [0.4, 0.5) is 0 Å². The SMILES string of the molecule is Cc1ccc(C2(c3ccc(CCCI)c(C)c3)c3ccccc3-c3ccccc32)cc1C. The molecule has 0 fully saturated rings. The van der Waals surface area contributed by atoms with Crippen molar-refractivity contribution in [2.75, 3.05) is 4.43 Å². The molecule has 4 aromatic carbocycles. The van der Waals surface area contributed by atoms with Crippen LogP contribution < -0.4 is 0 Å². The Bertz CT molecular complexity index is 1250. The fourth-order valence-corrected chi connectivity index (χ4v) is 5.85. The Labute approximate surface area is 205 Å². The van der Waals surface area contributed by atoms with E-state index in [2.05, 4.69) is 128 Å². The summed E-state index contributed by atoms with van der Waals surface area (Å²) in [5.74, 6) is 0. The molecule has 1 aliphatic rings. The zero-order chi connectivity index (χ0) is 22.3. The van der Waals surface area contributed by atoms with E-state index in [1.54, 1.807) is 0 Å². The van der Waals surface area contributed by atoms with Crippen molar-refractivity contribution in [3.8, 4) is 11.1 Å². The predicted octanol–water partition coefficient (Wildman–Crippen LogP) is 8.34. The number of aryl methyl sites for hydroxylation is 4. The minimum atomic E-state index is -0.293. The van der Waals surface area contributed by atoms with Gasteiger partial charge in [-0.2, -0.15) is 0 Å². The molecule has 0 saturated heterocycles. The summed E-state index contributed by atoms with van der Waals surface area (Å²) >= 11 is 2.48. The molecule has 0 aromatic heterocycles. The van der Waals surface area contributed by atoms with E-state index < -0.39 is 0 Å². The molecule has 0 spiro atoms. The predicted molar refractivity (Wildman–Crippen MR) is 145 cm³/mol. The van der Waals surface area contributed by atoms with E-state index in [-0.39, 0.29) is 5.41 Å². The zero-order valence-corrected chi connectivity index (χ0v) is 21.2. The van der Waals surface area contributed by atoms with Crippen LogP contribution in [0.5, 0.6) is 0 Å². The van der Waals surface area contributed by atoms with Crippen molar-refractivity contribution in [1.82, 2.24) is 0 Å². The summed E-state index contributed by atoms with van der Waals surface area (Å²) in [6.45, 7) is 6.72. The third kappa shape index (κ3) is 3.25. The first kappa shape index (κ1) is 21.5. The van der Waals surface area contributed by atoms with Crippen molar-refractivity contribution in [3.05, 3.63) is 129 Å². The van der Waals surface area contributed by atoms with E-state index in [1.165, 1.54) is 66.5 Å². The Morgan fingerprint density at radius 1 is 0.625 bits per heavy atom. The van der Waals surface area contributed by atoms with Gasteiger partial charge < -0.3 is 0 Å². The third-order valence-corrected chi connectivity index (χ3v) is 8.01. The van der Waals surface area contributed by atoms with Crippen LogP contribution in [0, 0.1) is 20.8 Å². The summed E-state index contributed by atoms with van der Waals surface area (Å²) < 4.78 is 1.20. The standard InChI is InChI=1S/C31H29I/c1-21-14-16-25(19-22(21)2)31(26-17-15-24(9-8-18-32)23(3)20-26)29-12-6-4-10-27(29)28-11-5-7-13-30(28)31/h4-7,10-17,19-20H,8-9,18H2,1-3H3. The van der Waals surface area contributed by atoms with Crippen molar-refractivity contribution in [1.29, 1.82) is 0 Å². The van der Waals surface area contributed by atoms with Gasteiger partial charge in [0.1, 0.15) is 0 Å². The van der Waals surface area contributed by atoms with Crippen LogP contribution in [0.15, 0.2) is 84.9 Å². The van der Waals surface area contributed by atoms with Gasteiger partial charge in [-0.3, -0.25) is 0 Å². The Morgan fingerprint density at radius 3 is 1.75 bits per heavy atom. The Hall–Kier alpha value is -2.39. The lowest BCUT2D eigenvalue weighted by molar-refractivity contribution is 0.763. The first-order valence-electron chi connectivity index (χ1n) is 11.5. The molecular weight excluding hydrogens is 499 g/mol. The molecule has 1 aliphatic carbocycles. The van der Waals surface area contributed by atoms with Gasteiger partial charge in [0.25, 0.3) is 0 Å². The summed E-state index contributed by atoms with van der Waals surface area (Å²) in [6, 6.07) is 32.3. The Kier molecular flexibility index (Phi) is 5.71. The second kappa shape index (κ2) is 8.51. The van der Waals surface area contributed by atoms with Gasteiger partial charge in [0.05, 0.1) is 5.41 Å².